The second-order valence-corrected chi connectivity index (χ2v) is 7.45. The van der Waals surface area contributed by atoms with Crippen LogP contribution >= 0.6 is 0 Å². The van der Waals surface area contributed by atoms with Gasteiger partial charge in [-0.25, -0.2) is 9.78 Å². The van der Waals surface area contributed by atoms with Crippen LogP contribution in [-0.2, 0) is 0 Å². The van der Waals surface area contributed by atoms with Gasteiger partial charge in [-0.05, 0) is 42.5 Å². The van der Waals surface area contributed by atoms with Crippen molar-refractivity contribution in [1.29, 1.82) is 0 Å². The maximum Gasteiger partial charge on any atom is 0.417 e. The lowest BCUT2D eigenvalue weighted by Gasteiger charge is -2.14. The molecular weight excluding hydrogens is 426 g/mol. The van der Waals surface area contributed by atoms with Crippen molar-refractivity contribution in [1.82, 2.24) is 4.98 Å². The maximum atomic E-state index is 12.4. The first-order valence-corrected chi connectivity index (χ1v) is 10.8. The van der Waals surface area contributed by atoms with Crippen LogP contribution in [0.25, 0.3) is 10.8 Å². The summed E-state index contributed by atoms with van der Waals surface area (Å²) in [5.41, 5.74) is 1.57. The van der Waals surface area contributed by atoms with Gasteiger partial charge in [-0.15, -0.1) is 0 Å². The number of anilines is 3. The molecule has 0 spiro atoms. The fraction of sp³-hybridized carbons (Fsp3) is 0. The lowest BCUT2D eigenvalue weighted by Crippen LogP contribution is -2.16. The Kier molecular flexibility index (Phi) is 6.03. The first kappa shape index (κ1) is 21.0. The van der Waals surface area contributed by atoms with Crippen molar-refractivity contribution in [3.8, 4) is 17.2 Å². The topological polar surface area (TPSA) is 72.5 Å². The highest BCUT2D eigenvalue weighted by Gasteiger charge is 2.12. The standard InChI is InChI=1S/C28H21N3O3/c32-28(34-21-11-5-2-6-12-21)31-25-15-16-26(24-14-8-7-13-23(24)25)33-22-17-18-29-27(19-22)30-20-9-3-1-4-10-20/h1-19H,(H,29,30)(H,31,32). The molecule has 1 amide bonds. The van der Waals surface area contributed by atoms with E-state index in [2.05, 4.69) is 15.6 Å². The summed E-state index contributed by atoms with van der Waals surface area (Å²) in [6.45, 7) is 0. The van der Waals surface area contributed by atoms with Gasteiger partial charge >= 0.3 is 6.09 Å². The molecule has 0 saturated heterocycles. The molecule has 0 fully saturated rings. The average Bonchev–Trinajstić information content (AvgIpc) is 2.87. The van der Waals surface area contributed by atoms with E-state index < -0.39 is 6.09 Å². The summed E-state index contributed by atoms with van der Waals surface area (Å²) in [5, 5.41) is 7.78. The Morgan fingerprint density at radius 2 is 1.41 bits per heavy atom. The van der Waals surface area contributed by atoms with Gasteiger partial charge in [0.2, 0.25) is 0 Å². The van der Waals surface area contributed by atoms with Crippen LogP contribution in [0.5, 0.6) is 17.2 Å². The highest BCUT2D eigenvalue weighted by Crippen LogP contribution is 2.35. The second-order valence-electron chi connectivity index (χ2n) is 7.45. The smallest absolute Gasteiger partial charge is 0.417 e. The predicted octanol–water partition coefficient (Wildman–Crippen LogP) is 7.38. The number of pyridine rings is 1. The number of fused-ring (bicyclic) bond motifs is 1. The molecule has 0 bridgehead atoms. The fourth-order valence-electron chi connectivity index (χ4n) is 3.54. The van der Waals surface area contributed by atoms with Gasteiger partial charge in [-0.1, -0.05) is 60.7 Å². The first-order valence-electron chi connectivity index (χ1n) is 10.8. The van der Waals surface area contributed by atoms with Crippen molar-refractivity contribution < 1.29 is 14.3 Å². The van der Waals surface area contributed by atoms with E-state index in [0.717, 1.165) is 16.5 Å². The number of aromatic nitrogens is 1. The van der Waals surface area contributed by atoms with Crippen molar-refractivity contribution >= 4 is 34.1 Å². The van der Waals surface area contributed by atoms with Crippen LogP contribution in [0.4, 0.5) is 22.0 Å². The largest absolute Gasteiger partial charge is 0.457 e. The third kappa shape index (κ3) is 4.97. The molecule has 0 atom stereocenters. The zero-order valence-corrected chi connectivity index (χ0v) is 18.1. The van der Waals surface area contributed by atoms with E-state index in [0.29, 0.717) is 28.8 Å². The monoisotopic (exact) mass is 447 g/mol. The molecule has 0 aliphatic rings. The summed E-state index contributed by atoms with van der Waals surface area (Å²) in [6, 6.07) is 33.7. The number of nitrogens with zero attached hydrogens (tertiary/aromatic N) is 1. The van der Waals surface area contributed by atoms with Gasteiger partial charge in [-0.2, -0.15) is 0 Å². The minimum Gasteiger partial charge on any atom is -0.457 e. The summed E-state index contributed by atoms with van der Waals surface area (Å²) >= 11 is 0. The van der Waals surface area contributed by atoms with E-state index in [1.807, 2.05) is 84.9 Å². The molecule has 1 heterocycles. The SMILES string of the molecule is O=C(Nc1ccc(Oc2ccnc(Nc3ccccc3)c2)c2ccccc12)Oc1ccccc1. The van der Waals surface area contributed by atoms with Crippen molar-refractivity contribution in [2.45, 2.75) is 0 Å². The Bertz CT molecular complexity index is 1420. The van der Waals surface area contributed by atoms with Gasteiger partial charge < -0.3 is 14.8 Å². The number of para-hydroxylation sites is 2. The van der Waals surface area contributed by atoms with Crippen LogP contribution in [0.3, 0.4) is 0 Å². The van der Waals surface area contributed by atoms with Crippen molar-refractivity contribution in [3.05, 3.63) is 115 Å². The van der Waals surface area contributed by atoms with Crippen molar-refractivity contribution in [2.24, 2.45) is 0 Å². The Hall–Kier alpha value is -4.84. The molecule has 5 rings (SSSR count). The third-order valence-electron chi connectivity index (χ3n) is 5.08. The number of rotatable bonds is 6. The van der Waals surface area contributed by atoms with E-state index >= 15 is 0 Å². The molecular formula is C28H21N3O3. The van der Waals surface area contributed by atoms with Crippen LogP contribution in [-0.4, -0.2) is 11.1 Å². The molecule has 0 saturated carbocycles. The highest BCUT2D eigenvalue weighted by molar-refractivity contribution is 6.03. The molecule has 0 aliphatic carbocycles. The van der Waals surface area contributed by atoms with E-state index in [9.17, 15) is 4.79 Å². The normalized spacial score (nSPS) is 10.5. The molecule has 4 aromatic carbocycles. The average molecular weight is 447 g/mol. The number of nitrogens with one attached hydrogen (secondary N) is 2. The molecule has 166 valence electrons. The van der Waals surface area contributed by atoms with Crippen LogP contribution in [0, 0.1) is 0 Å². The zero-order valence-electron chi connectivity index (χ0n) is 18.1. The Labute approximate surface area is 196 Å². The van der Waals surface area contributed by atoms with Gasteiger partial charge in [-0.3, -0.25) is 5.32 Å². The van der Waals surface area contributed by atoms with Crippen molar-refractivity contribution in [3.63, 3.8) is 0 Å². The Balaban J connectivity index is 1.37. The Morgan fingerprint density at radius 1 is 0.706 bits per heavy atom. The maximum absolute atomic E-state index is 12.4. The lowest BCUT2D eigenvalue weighted by atomic mass is 10.1. The highest BCUT2D eigenvalue weighted by atomic mass is 16.6. The quantitative estimate of drug-likeness (QED) is 0.284. The molecule has 0 aliphatic heterocycles. The number of benzene rings is 4. The number of carbonyl (C=O) groups excluding carboxylic acids is 1. The number of ether oxygens (including phenoxy) is 2. The van der Waals surface area contributed by atoms with Crippen LogP contribution in [0.2, 0.25) is 0 Å². The number of hydrogen-bond acceptors (Lipinski definition) is 5. The van der Waals surface area contributed by atoms with Crippen molar-refractivity contribution in [2.75, 3.05) is 10.6 Å². The lowest BCUT2D eigenvalue weighted by molar-refractivity contribution is 0.215. The Morgan fingerprint density at radius 3 is 2.21 bits per heavy atom. The predicted molar refractivity (Wildman–Crippen MR) is 134 cm³/mol. The minimum absolute atomic E-state index is 0.474. The molecule has 0 unspecified atom stereocenters. The van der Waals surface area contributed by atoms with E-state index in [1.54, 1.807) is 30.5 Å². The summed E-state index contributed by atoms with van der Waals surface area (Å²) in [5.74, 6) is 2.45. The molecule has 5 aromatic rings. The van der Waals surface area contributed by atoms with Gasteiger partial charge in [0.25, 0.3) is 0 Å². The molecule has 2 N–H and O–H groups in total. The first-order chi connectivity index (χ1) is 16.7. The summed E-state index contributed by atoms with van der Waals surface area (Å²) in [4.78, 5) is 16.8. The van der Waals surface area contributed by atoms with E-state index in [-0.39, 0.29) is 0 Å². The minimum atomic E-state index is -0.559. The van der Waals surface area contributed by atoms with E-state index in [1.165, 1.54) is 0 Å². The summed E-state index contributed by atoms with van der Waals surface area (Å²) in [6.07, 6.45) is 1.13. The molecule has 0 radical (unpaired) electrons. The third-order valence-corrected chi connectivity index (χ3v) is 5.08. The van der Waals surface area contributed by atoms with Gasteiger partial charge in [0.05, 0.1) is 5.69 Å². The van der Waals surface area contributed by atoms with E-state index in [4.69, 9.17) is 9.47 Å². The summed E-state index contributed by atoms with van der Waals surface area (Å²) in [7, 11) is 0. The fourth-order valence-corrected chi connectivity index (χ4v) is 3.54. The van der Waals surface area contributed by atoms with Gasteiger partial charge in [0.1, 0.15) is 23.1 Å². The molecule has 6 heteroatoms. The molecule has 34 heavy (non-hydrogen) atoms. The number of hydrogen-bond donors (Lipinski definition) is 2. The van der Waals surface area contributed by atoms with Gasteiger partial charge in [0.15, 0.2) is 0 Å². The van der Waals surface area contributed by atoms with Gasteiger partial charge in [0, 0.05) is 28.7 Å². The van der Waals surface area contributed by atoms with Crippen LogP contribution < -0.4 is 20.1 Å². The summed E-state index contributed by atoms with van der Waals surface area (Å²) < 4.78 is 11.6. The number of amides is 1. The van der Waals surface area contributed by atoms with Crippen LogP contribution in [0.1, 0.15) is 0 Å². The van der Waals surface area contributed by atoms with Crippen LogP contribution in [0.15, 0.2) is 115 Å². The zero-order chi connectivity index (χ0) is 23.2. The second kappa shape index (κ2) is 9.75. The molecule has 1 aromatic heterocycles. The molecule has 6 nitrogen and oxygen atoms in total. The number of carbonyl (C=O) groups is 1.